The van der Waals surface area contributed by atoms with Crippen LogP contribution in [0.3, 0.4) is 0 Å². The number of nitrogens with two attached hydrogens (primary N) is 1. The molecule has 0 aliphatic heterocycles. The van der Waals surface area contributed by atoms with Crippen molar-refractivity contribution in [3.8, 4) is 11.5 Å². The van der Waals surface area contributed by atoms with Crippen molar-refractivity contribution < 1.29 is 0 Å². The number of rotatable bonds is 3. The second-order valence-electron chi connectivity index (χ2n) is 3.67. The molecule has 0 aliphatic carbocycles. The minimum Gasteiger partial charge on any atom is -0.384 e. The Labute approximate surface area is 94.3 Å². The van der Waals surface area contributed by atoms with Crippen LogP contribution in [0.4, 0.5) is 5.82 Å². The van der Waals surface area contributed by atoms with E-state index in [4.69, 9.17) is 5.73 Å². The topological polar surface area (TPSA) is 69.6 Å². The zero-order valence-corrected chi connectivity index (χ0v) is 9.51. The van der Waals surface area contributed by atoms with Gasteiger partial charge in [0.25, 0.3) is 0 Å². The van der Waals surface area contributed by atoms with Gasteiger partial charge in [0.1, 0.15) is 11.5 Å². The van der Waals surface area contributed by atoms with E-state index in [1.54, 1.807) is 10.7 Å². The maximum absolute atomic E-state index is 5.64. The fourth-order valence-electron chi connectivity index (χ4n) is 1.57. The zero-order chi connectivity index (χ0) is 11.5. The van der Waals surface area contributed by atoms with Gasteiger partial charge in [0, 0.05) is 13.5 Å². The van der Waals surface area contributed by atoms with E-state index in [1.165, 1.54) is 0 Å². The number of aryl methyl sites for hydroxylation is 2. The zero-order valence-electron chi connectivity index (χ0n) is 9.51. The fourth-order valence-corrected chi connectivity index (χ4v) is 1.57. The Bertz CT molecular complexity index is 489. The van der Waals surface area contributed by atoms with Crippen LogP contribution in [0.25, 0.3) is 11.5 Å². The predicted molar refractivity (Wildman–Crippen MR) is 62.6 cm³/mol. The summed E-state index contributed by atoms with van der Waals surface area (Å²) in [5.41, 5.74) is 6.40. The molecule has 2 aromatic heterocycles. The van der Waals surface area contributed by atoms with Crippen molar-refractivity contribution in [2.75, 3.05) is 5.73 Å². The third-order valence-corrected chi connectivity index (χ3v) is 2.28. The highest BCUT2D eigenvalue weighted by Crippen LogP contribution is 2.15. The molecule has 16 heavy (non-hydrogen) atoms. The maximum atomic E-state index is 5.64. The van der Waals surface area contributed by atoms with E-state index in [0.29, 0.717) is 5.82 Å². The number of anilines is 1. The molecule has 0 radical (unpaired) electrons. The molecule has 0 saturated carbocycles. The molecule has 0 aromatic carbocycles. The van der Waals surface area contributed by atoms with Gasteiger partial charge in [-0.25, -0.2) is 14.6 Å². The summed E-state index contributed by atoms with van der Waals surface area (Å²) in [6.07, 6.45) is 1.92. The Morgan fingerprint density at radius 1 is 1.31 bits per heavy atom. The molecule has 84 valence electrons. The molecule has 0 amide bonds. The van der Waals surface area contributed by atoms with Crippen LogP contribution in [0.2, 0.25) is 0 Å². The number of aromatic nitrogens is 4. The lowest BCUT2D eigenvalue weighted by molar-refractivity contribution is 0.736. The van der Waals surface area contributed by atoms with Gasteiger partial charge in [0.15, 0.2) is 11.6 Å². The van der Waals surface area contributed by atoms with Crippen molar-refractivity contribution in [3.63, 3.8) is 0 Å². The Morgan fingerprint density at radius 2 is 2.12 bits per heavy atom. The Balaban J connectivity index is 2.40. The molecule has 0 atom stereocenters. The lowest BCUT2D eigenvalue weighted by atomic mass is 10.3. The van der Waals surface area contributed by atoms with Gasteiger partial charge >= 0.3 is 0 Å². The van der Waals surface area contributed by atoms with Gasteiger partial charge in [-0.2, -0.15) is 5.10 Å². The van der Waals surface area contributed by atoms with Crippen LogP contribution in [0.15, 0.2) is 18.2 Å². The van der Waals surface area contributed by atoms with Crippen LogP contribution in [-0.2, 0) is 13.5 Å². The van der Waals surface area contributed by atoms with E-state index < -0.39 is 0 Å². The highest BCUT2D eigenvalue weighted by atomic mass is 15.3. The largest absolute Gasteiger partial charge is 0.384 e. The molecule has 2 aromatic rings. The smallest absolute Gasteiger partial charge is 0.176 e. The van der Waals surface area contributed by atoms with Gasteiger partial charge in [0.2, 0.25) is 0 Å². The summed E-state index contributed by atoms with van der Waals surface area (Å²) >= 11 is 0. The monoisotopic (exact) mass is 217 g/mol. The Hall–Kier alpha value is -1.91. The highest BCUT2D eigenvalue weighted by Gasteiger charge is 2.09. The first-order chi connectivity index (χ1) is 7.70. The first kappa shape index (κ1) is 10.6. The van der Waals surface area contributed by atoms with Crippen LogP contribution >= 0.6 is 0 Å². The lowest BCUT2D eigenvalue weighted by Gasteiger charge is -1.99. The van der Waals surface area contributed by atoms with E-state index in [9.17, 15) is 0 Å². The first-order valence-corrected chi connectivity index (χ1v) is 5.33. The quantitative estimate of drug-likeness (QED) is 0.844. The van der Waals surface area contributed by atoms with E-state index in [1.807, 2.05) is 19.2 Å². The summed E-state index contributed by atoms with van der Waals surface area (Å²) in [7, 11) is 1.87. The van der Waals surface area contributed by atoms with Gasteiger partial charge in [-0.1, -0.05) is 13.0 Å². The number of pyridine rings is 1. The maximum Gasteiger partial charge on any atom is 0.176 e. The molecular formula is C11H15N5. The van der Waals surface area contributed by atoms with Crippen molar-refractivity contribution in [1.82, 2.24) is 19.7 Å². The SMILES string of the molecule is CCCc1nc(-c2cccc(N)n2)n(C)n1. The summed E-state index contributed by atoms with van der Waals surface area (Å²) in [6, 6.07) is 5.51. The standard InChI is InChI=1S/C11H15N5/c1-3-5-10-14-11(16(2)15-10)8-6-4-7-9(12)13-8/h4,6-7H,3,5H2,1-2H3,(H2,12,13). The molecule has 2 rings (SSSR count). The predicted octanol–water partition coefficient (Wildman–Crippen LogP) is 1.41. The normalized spacial score (nSPS) is 10.6. The molecular weight excluding hydrogens is 202 g/mol. The summed E-state index contributed by atoms with van der Waals surface area (Å²) in [4.78, 5) is 8.68. The van der Waals surface area contributed by atoms with Crippen molar-refractivity contribution in [1.29, 1.82) is 0 Å². The van der Waals surface area contributed by atoms with Gasteiger partial charge < -0.3 is 5.73 Å². The molecule has 0 bridgehead atoms. The average molecular weight is 217 g/mol. The number of hydrogen-bond donors (Lipinski definition) is 1. The molecule has 2 N–H and O–H groups in total. The Morgan fingerprint density at radius 3 is 2.81 bits per heavy atom. The minimum atomic E-state index is 0.498. The molecule has 0 spiro atoms. The third-order valence-electron chi connectivity index (χ3n) is 2.28. The summed E-state index contributed by atoms with van der Waals surface area (Å²) in [6.45, 7) is 2.11. The molecule has 5 heteroatoms. The van der Waals surface area contributed by atoms with Crippen molar-refractivity contribution in [2.24, 2.45) is 7.05 Å². The van der Waals surface area contributed by atoms with Crippen LogP contribution in [-0.4, -0.2) is 19.7 Å². The Kier molecular flexibility index (Phi) is 2.85. The van der Waals surface area contributed by atoms with Crippen LogP contribution < -0.4 is 5.73 Å². The van der Waals surface area contributed by atoms with Gasteiger partial charge in [-0.05, 0) is 18.6 Å². The molecule has 0 saturated heterocycles. The van der Waals surface area contributed by atoms with Crippen molar-refractivity contribution in [2.45, 2.75) is 19.8 Å². The molecule has 0 unspecified atom stereocenters. The summed E-state index contributed by atoms with van der Waals surface area (Å²) < 4.78 is 1.74. The highest BCUT2D eigenvalue weighted by molar-refractivity contribution is 5.52. The van der Waals surface area contributed by atoms with Gasteiger partial charge in [-0.15, -0.1) is 0 Å². The van der Waals surface area contributed by atoms with Gasteiger partial charge in [0.05, 0.1) is 0 Å². The van der Waals surface area contributed by atoms with E-state index in [2.05, 4.69) is 22.0 Å². The van der Waals surface area contributed by atoms with Crippen molar-refractivity contribution in [3.05, 3.63) is 24.0 Å². The van der Waals surface area contributed by atoms with E-state index in [0.717, 1.165) is 30.2 Å². The lowest BCUT2D eigenvalue weighted by Crippen LogP contribution is -1.98. The second-order valence-corrected chi connectivity index (χ2v) is 3.67. The molecule has 2 heterocycles. The number of nitrogen functional groups attached to an aromatic ring is 1. The molecule has 0 aliphatic rings. The molecule has 5 nitrogen and oxygen atoms in total. The van der Waals surface area contributed by atoms with Gasteiger partial charge in [-0.3, -0.25) is 0 Å². The first-order valence-electron chi connectivity index (χ1n) is 5.33. The average Bonchev–Trinajstić information content (AvgIpc) is 2.60. The summed E-state index contributed by atoms with van der Waals surface area (Å²) in [5.74, 6) is 2.11. The van der Waals surface area contributed by atoms with Crippen LogP contribution in [0.1, 0.15) is 19.2 Å². The minimum absolute atomic E-state index is 0.498. The van der Waals surface area contributed by atoms with Crippen molar-refractivity contribution >= 4 is 5.82 Å². The summed E-state index contributed by atoms with van der Waals surface area (Å²) in [5, 5.41) is 4.33. The molecule has 0 fully saturated rings. The fraction of sp³-hybridized carbons (Fsp3) is 0.364. The van der Waals surface area contributed by atoms with Crippen LogP contribution in [0, 0.1) is 0 Å². The number of hydrogen-bond acceptors (Lipinski definition) is 4. The third kappa shape index (κ3) is 2.03. The second kappa shape index (κ2) is 4.30. The van der Waals surface area contributed by atoms with Crippen LogP contribution in [0.5, 0.6) is 0 Å². The van der Waals surface area contributed by atoms with E-state index in [-0.39, 0.29) is 0 Å². The number of nitrogens with zero attached hydrogens (tertiary/aromatic N) is 4. The van der Waals surface area contributed by atoms with E-state index >= 15 is 0 Å².